The molecule has 0 spiro atoms. The third-order valence-corrected chi connectivity index (χ3v) is 4.62. The molecule has 0 N–H and O–H groups in total. The van der Waals surface area contributed by atoms with Crippen molar-refractivity contribution in [1.29, 1.82) is 0 Å². The Morgan fingerprint density at radius 1 is 1.00 bits per heavy atom. The van der Waals surface area contributed by atoms with E-state index in [0.717, 1.165) is 14.5 Å². The molecule has 0 bridgehead atoms. The van der Waals surface area contributed by atoms with Gasteiger partial charge in [0.15, 0.2) is 18.1 Å². The molecule has 0 saturated carbocycles. The van der Waals surface area contributed by atoms with Crippen molar-refractivity contribution in [2.75, 3.05) is 14.2 Å². The maximum Gasteiger partial charge on any atom is 0.264 e. The SMILES string of the molecule is COc1ccc(-c2noc(COc3c(Br)cccc3Br)n2)cc1OC. The van der Waals surface area contributed by atoms with Crippen molar-refractivity contribution in [2.45, 2.75) is 6.61 Å². The van der Waals surface area contributed by atoms with E-state index in [1.807, 2.05) is 24.3 Å². The van der Waals surface area contributed by atoms with Crippen molar-refractivity contribution in [3.63, 3.8) is 0 Å². The Labute approximate surface area is 161 Å². The summed E-state index contributed by atoms with van der Waals surface area (Å²) in [6.45, 7) is 0.154. The van der Waals surface area contributed by atoms with Crippen molar-refractivity contribution in [3.05, 3.63) is 51.2 Å². The molecule has 0 radical (unpaired) electrons. The molecule has 25 heavy (non-hydrogen) atoms. The fourth-order valence-electron chi connectivity index (χ4n) is 2.16. The minimum Gasteiger partial charge on any atom is -0.493 e. The second kappa shape index (κ2) is 7.88. The first-order valence-corrected chi connectivity index (χ1v) is 8.82. The Morgan fingerprint density at radius 3 is 2.40 bits per heavy atom. The van der Waals surface area contributed by atoms with Crippen molar-refractivity contribution >= 4 is 31.9 Å². The highest BCUT2D eigenvalue weighted by Crippen LogP contribution is 2.34. The summed E-state index contributed by atoms with van der Waals surface area (Å²) >= 11 is 6.89. The van der Waals surface area contributed by atoms with Gasteiger partial charge in [-0.3, -0.25) is 0 Å². The van der Waals surface area contributed by atoms with E-state index in [4.69, 9.17) is 18.7 Å². The van der Waals surface area contributed by atoms with Crippen LogP contribution in [-0.2, 0) is 6.61 Å². The van der Waals surface area contributed by atoms with Gasteiger partial charge in [0.2, 0.25) is 5.82 Å². The second-order valence-corrected chi connectivity index (χ2v) is 6.63. The van der Waals surface area contributed by atoms with Gasteiger partial charge >= 0.3 is 0 Å². The number of benzene rings is 2. The van der Waals surface area contributed by atoms with Crippen molar-refractivity contribution in [1.82, 2.24) is 10.1 Å². The zero-order chi connectivity index (χ0) is 17.8. The second-order valence-electron chi connectivity index (χ2n) is 4.92. The molecule has 0 atom stereocenters. The summed E-state index contributed by atoms with van der Waals surface area (Å²) in [5.41, 5.74) is 0.759. The van der Waals surface area contributed by atoms with E-state index >= 15 is 0 Å². The highest BCUT2D eigenvalue weighted by molar-refractivity contribution is 9.11. The first kappa shape index (κ1) is 17.8. The summed E-state index contributed by atoms with van der Waals surface area (Å²) in [7, 11) is 3.16. The van der Waals surface area contributed by atoms with Gasteiger partial charge in [-0.2, -0.15) is 4.98 Å². The summed E-state index contributed by atoms with van der Waals surface area (Å²) < 4.78 is 23.2. The predicted octanol–water partition coefficient (Wildman–Crippen LogP) is 4.86. The minimum absolute atomic E-state index is 0.154. The Balaban J connectivity index is 1.77. The van der Waals surface area contributed by atoms with Gasteiger partial charge in [0.05, 0.1) is 23.2 Å². The minimum atomic E-state index is 0.154. The molecule has 0 amide bonds. The number of ether oxygens (including phenoxy) is 3. The Kier molecular flexibility index (Phi) is 5.60. The van der Waals surface area contributed by atoms with Crippen LogP contribution in [0.1, 0.15) is 5.89 Å². The summed E-state index contributed by atoms with van der Waals surface area (Å²) in [6, 6.07) is 11.1. The van der Waals surface area contributed by atoms with E-state index in [9.17, 15) is 0 Å². The van der Waals surface area contributed by atoms with Crippen molar-refractivity contribution < 1.29 is 18.7 Å². The lowest BCUT2D eigenvalue weighted by atomic mass is 10.2. The van der Waals surface area contributed by atoms with Gasteiger partial charge in [0, 0.05) is 5.56 Å². The summed E-state index contributed by atoms with van der Waals surface area (Å²) in [5.74, 6) is 2.73. The molecule has 0 saturated heterocycles. The van der Waals surface area contributed by atoms with Gasteiger partial charge in [-0.25, -0.2) is 0 Å². The number of halogens is 2. The van der Waals surface area contributed by atoms with Crippen LogP contribution in [0.25, 0.3) is 11.4 Å². The fraction of sp³-hybridized carbons (Fsp3) is 0.176. The maximum atomic E-state index is 5.75. The predicted molar refractivity (Wildman–Crippen MR) is 99.0 cm³/mol. The first-order valence-electron chi connectivity index (χ1n) is 7.24. The molecule has 2 aromatic carbocycles. The van der Waals surface area contributed by atoms with Crippen LogP contribution < -0.4 is 14.2 Å². The zero-order valence-corrected chi connectivity index (χ0v) is 16.6. The van der Waals surface area contributed by atoms with Crippen LogP contribution >= 0.6 is 31.9 Å². The molecule has 1 heterocycles. The number of aromatic nitrogens is 2. The Bertz CT molecular complexity index is 863. The van der Waals surface area contributed by atoms with Gasteiger partial charge < -0.3 is 18.7 Å². The molecule has 6 nitrogen and oxygen atoms in total. The molecule has 3 aromatic rings. The van der Waals surface area contributed by atoms with Crippen LogP contribution in [-0.4, -0.2) is 24.4 Å². The zero-order valence-electron chi connectivity index (χ0n) is 13.5. The van der Waals surface area contributed by atoms with E-state index in [0.29, 0.717) is 29.0 Å². The molecular weight excluding hydrogens is 456 g/mol. The van der Waals surface area contributed by atoms with E-state index in [1.54, 1.807) is 26.4 Å². The molecule has 8 heteroatoms. The molecule has 0 fully saturated rings. The molecule has 3 rings (SSSR count). The number of hydrogen-bond acceptors (Lipinski definition) is 6. The lowest BCUT2D eigenvalue weighted by Crippen LogP contribution is -1.97. The van der Waals surface area contributed by atoms with Gasteiger partial charge in [-0.1, -0.05) is 11.2 Å². The van der Waals surface area contributed by atoms with E-state index < -0.39 is 0 Å². The summed E-state index contributed by atoms with van der Waals surface area (Å²) in [5, 5.41) is 3.99. The largest absolute Gasteiger partial charge is 0.493 e. The normalized spacial score (nSPS) is 10.6. The highest BCUT2D eigenvalue weighted by Gasteiger charge is 2.14. The average Bonchev–Trinajstić information content (AvgIpc) is 3.09. The van der Waals surface area contributed by atoms with Crippen LogP contribution in [0.3, 0.4) is 0 Å². The molecule has 0 aliphatic rings. The van der Waals surface area contributed by atoms with Crippen LogP contribution in [0.15, 0.2) is 49.9 Å². The molecule has 0 unspecified atom stereocenters. The molecular formula is C17H14Br2N2O4. The molecule has 130 valence electrons. The third kappa shape index (κ3) is 3.96. The Hall–Kier alpha value is -2.06. The smallest absolute Gasteiger partial charge is 0.264 e. The first-order chi connectivity index (χ1) is 12.1. The number of methoxy groups -OCH3 is 2. The summed E-state index contributed by atoms with van der Waals surface area (Å²) in [4.78, 5) is 4.36. The van der Waals surface area contributed by atoms with Crippen LogP contribution in [0.4, 0.5) is 0 Å². The van der Waals surface area contributed by atoms with E-state index in [-0.39, 0.29) is 6.61 Å². The van der Waals surface area contributed by atoms with Crippen LogP contribution in [0, 0.1) is 0 Å². The van der Waals surface area contributed by atoms with Gasteiger partial charge in [-0.15, -0.1) is 0 Å². The van der Waals surface area contributed by atoms with Crippen molar-refractivity contribution in [3.8, 4) is 28.6 Å². The monoisotopic (exact) mass is 468 g/mol. The average molecular weight is 470 g/mol. The van der Waals surface area contributed by atoms with Crippen molar-refractivity contribution in [2.24, 2.45) is 0 Å². The van der Waals surface area contributed by atoms with Crippen LogP contribution in [0.5, 0.6) is 17.2 Å². The van der Waals surface area contributed by atoms with Gasteiger partial charge in [-0.05, 0) is 62.2 Å². The summed E-state index contributed by atoms with van der Waals surface area (Å²) in [6.07, 6.45) is 0. The molecule has 1 aromatic heterocycles. The molecule has 0 aliphatic carbocycles. The topological polar surface area (TPSA) is 66.6 Å². The number of rotatable bonds is 6. The number of hydrogen-bond donors (Lipinski definition) is 0. The third-order valence-electron chi connectivity index (χ3n) is 3.37. The van der Waals surface area contributed by atoms with E-state index in [2.05, 4.69) is 42.0 Å². The number of nitrogens with zero attached hydrogens (tertiary/aromatic N) is 2. The lowest BCUT2D eigenvalue weighted by molar-refractivity contribution is 0.240. The molecule has 0 aliphatic heterocycles. The Morgan fingerprint density at radius 2 is 1.72 bits per heavy atom. The quantitative estimate of drug-likeness (QED) is 0.513. The lowest BCUT2D eigenvalue weighted by Gasteiger charge is -2.08. The maximum absolute atomic E-state index is 5.75. The van der Waals surface area contributed by atoms with Crippen LogP contribution in [0.2, 0.25) is 0 Å². The van der Waals surface area contributed by atoms with E-state index in [1.165, 1.54) is 0 Å². The number of para-hydroxylation sites is 1. The van der Waals surface area contributed by atoms with Gasteiger partial charge in [0.25, 0.3) is 5.89 Å². The highest BCUT2D eigenvalue weighted by atomic mass is 79.9. The standard InChI is InChI=1S/C17H14Br2N2O4/c1-22-13-7-6-10(8-14(13)23-2)17-20-15(25-21-17)9-24-16-11(18)4-3-5-12(16)19/h3-8H,9H2,1-2H3. The van der Waals surface area contributed by atoms with Gasteiger partial charge in [0.1, 0.15) is 5.75 Å². The fourth-order valence-corrected chi connectivity index (χ4v) is 3.39.